The fourth-order valence-electron chi connectivity index (χ4n) is 2.93. The van der Waals surface area contributed by atoms with Gasteiger partial charge in [-0.15, -0.1) is 12.4 Å². The van der Waals surface area contributed by atoms with E-state index >= 15 is 0 Å². The van der Waals surface area contributed by atoms with Crippen molar-refractivity contribution < 1.29 is 36.1 Å². The van der Waals surface area contributed by atoms with Crippen LogP contribution in [0, 0.1) is 0 Å². The first kappa shape index (κ1) is 24.0. The Hall–Kier alpha value is -0.970. The molecule has 8 nitrogen and oxygen atoms in total. The molecule has 3 atom stereocenters. The topological polar surface area (TPSA) is 133 Å². The lowest BCUT2D eigenvalue weighted by atomic mass is 9.97. The third-order valence-corrected chi connectivity index (χ3v) is 5.67. The van der Waals surface area contributed by atoms with Crippen molar-refractivity contribution in [3.05, 3.63) is 23.4 Å². The van der Waals surface area contributed by atoms with E-state index in [9.17, 15) is 19.2 Å². The second kappa shape index (κ2) is 9.11. The quantitative estimate of drug-likeness (QED) is 0.302. The van der Waals surface area contributed by atoms with Crippen molar-refractivity contribution >= 4 is 35.6 Å². The van der Waals surface area contributed by atoms with E-state index < -0.39 is 22.7 Å². The largest absolute Gasteiger partial charge is 1.00 e. The number of carbonyl (C=O) groups excluding carboxylic acids is 1. The highest BCUT2D eigenvalue weighted by Gasteiger charge is 2.56. The minimum Gasteiger partial charge on any atom is -1.00 e. The van der Waals surface area contributed by atoms with Crippen molar-refractivity contribution in [2.75, 3.05) is 27.2 Å². The zero-order valence-corrected chi connectivity index (χ0v) is 16.4. The Balaban J connectivity index is 0.00000288. The summed E-state index contributed by atoms with van der Waals surface area (Å²) in [6.07, 6.45) is 4.82. The summed E-state index contributed by atoms with van der Waals surface area (Å²) >= 11 is -1.48. The van der Waals surface area contributed by atoms with Gasteiger partial charge in [-0.25, -0.2) is 4.79 Å². The third kappa shape index (κ3) is 5.25. The Labute approximate surface area is 162 Å². The van der Waals surface area contributed by atoms with Crippen LogP contribution >= 0.6 is 12.4 Å². The number of hydrogen-bond donors (Lipinski definition) is 3. The van der Waals surface area contributed by atoms with Gasteiger partial charge in [0.2, 0.25) is 5.37 Å². The van der Waals surface area contributed by atoms with Crippen molar-refractivity contribution in [3.8, 4) is 0 Å². The molecular weight excluding hydrogens is 391 g/mol. The predicted molar refractivity (Wildman–Crippen MR) is 93.1 cm³/mol. The summed E-state index contributed by atoms with van der Waals surface area (Å²) in [5, 5.41) is 8.95. The molecule has 0 aromatic carbocycles. The number of aliphatic carboxylic acids is 1. The van der Waals surface area contributed by atoms with Gasteiger partial charge in [0.25, 0.3) is 5.91 Å². The highest BCUT2D eigenvalue weighted by molar-refractivity contribution is 7.91. The van der Waals surface area contributed by atoms with Crippen LogP contribution in [0.15, 0.2) is 23.4 Å². The summed E-state index contributed by atoms with van der Waals surface area (Å²) in [6.45, 7) is 0.730. The highest BCUT2D eigenvalue weighted by Crippen LogP contribution is 2.40. The van der Waals surface area contributed by atoms with Gasteiger partial charge in [0.05, 0.1) is 32.0 Å². The Morgan fingerprint density at radius 1 is 1.48 bits per heavy atom. The maximum absolute atomic E-state index is 11.9. The van der Waals surface area contributed by atoms with Gasteiger partial charge < -0.3 is 32.3 Å². The number of rotatable bonds is 6. The molecule has 0 aliphatic carbocycles. The van der Waals surface area contributed by atoms with E-state index in [4.69, 9.17) is 11.5 Å². The number of allylic oxidation sites excluding steroid dienone is 2. The molecule has 0 spiro atoms. The molecule has 0 bridgehead atoms. The summed E-state index contributed by atoms with van der Waals surface area (Å²) in [5.41, 5.74) is 11.7. The van der Waals surface area contributed by atoms with Crippen LogP contribution in [0.4, 0.5) is 0 Å². The van der Waals surface area contributed by atoms with Crippen molar-refractivity contribution in [2.45, 2.75) is 24.3 Å². The molecule has 0 aromatic rings. The molecule has 1 saturated heterocycles. The third-order valence-electron chi connectivity index (χ3n) is 4.05. The molecule has 5 N–H and O–H groups in total. The first-order chi connectivity index (χ1) is 10.6. The normalized spacial score (nSPS) is 25.6. The second-order valence-electron chi connectivity index (χ2n) is 6.50. The van der Waals surface area contributed by atoms with Crippen LogP contribution in [0.1, 0.15) is 12.8 Å². The number of carbonyl (C=O) groups is 2. The van der Waals surface area contributed by atoms with E-state index in [2.05, 4.69) is 0 Å². The van der Waals surface area contributed by atoms with Gasteiger partial charge in [0, 0.05) is 0 Å². The van der Waals surface area contributed by atoms with Gasteiger partial charge in [0.1, 0.15) is 6.04 Å². The van der Waals surface area contributed by atoms with Crippen LogP contribution in [0.3, 0.4) is 0 Å². The van der Waals surface area contributed by atoms with E-state index in [0.29, 0.717) is 29.4 Å². The molecule has 0 saturated carbocycles. The lowest BCUT2D eigenvalue weighted by Crippen LogP contribution is -3.00. The van der Waals surface area contributed by atoms with Crippen LogP contribution in [0.25, 0.3) is 0 Å². The summed E-state index contributed by atoms with van der Waals surface area (Å²) in [5.74, 6) is -1.49. The van der Waals surface area contributed by atoms with Gasteiger partial charge in [-0.1, -0.05) is 6.08 Å². The second-order valence-corrected chi connectivity index (χ2v) is 7.99. The number of halogens is 2. The van der Waals surface area contributed by atoms with Gasteiger partial charge >= 0.3 is 5.97 Å². The number of nitrogens with zero attached hydrogens (tertiary/aromatic N) is 2. The number of hydrogen-bond acceptors (Lipinski definition) is 5. The number of fused-ring (bicyclic) bond motifs is 1. The zero-order chi connectivity index (χ0) is 17.4. The van der Waals surface area contributed by atoms with E-state index in [1.165, 1.54) is 4.31 Å². The van der Waals surface area contributed by atoms with Crippen molar-refractivity contribution in [3.63, 3.8) is 0 Å². The smallest absolute Gasteiger partial charge is 0.356 e. The fourth-order valence-corrected chi connectivity index (χ4v) is 4.40. The molecule has 2 aliphatic heterocycles. The molecule has 2 rings (SSSR count). The Bertz CT molecular complexity index is 585. The van der Waals surface area contributed by atoms with Crippen LogP contribution in [0.5, 0.6) is 0 Å². The van der Waals surface area contributed by atoms with Crippen molar-refractivity contribution in [1.82, 2.24) is 4.31 Å². The monoisotopic (exact) mass is 414 g/mol. The number of quaternary nitrogens is 1. The van der Waals surface area contributed by atoms with Crippen LogP contribution in [0.2, 0.25) is 0 Å². The summed E-state index contributed by atoms with van der Waals surface area (Å²) in [4.78, 5) is 22.6. The summed E-state index contributed by atoms with van der Waals surface area (Å²) in [6, 6.07) is -0.166. The molecule has 2 heterocycles. The first-order valence-electron chi connectivity index (χ1n) is 7.33. The van der Waals surface area contributed by atoms with Crippen molar-refractivity contribution in [1.29, 1.82) is 0 Å². The Morgan fingerprint density at radius 2 is 2.08 bits per heavy atom. The van der Waals surface area contributed by atoms with E-state index in [-0.39, 0.29) is 49.0 Å². The van der Waals surface area contributed by atoms with Gasteiger partial charge in [0.15, 0.2) is 12.2 Å². The highest BCUT2D eigenvalue weighted by atomic mass is 35.5. The van der Waals surface area contributed by atoms with Crippen LogP contribution in [-0.4, -0.2) is 68.9 Å². The number of amides is 1. The molecule has 2 aliphatic rings. The lowest BCUT2D eigenvalue weighted by Gasteiger charge is -2.48. The minimum atomic E-state index is -1.48. The average molecular weight is 415 g/mol. The van der Waals surface area contributed by atoms with Crippen molar-refractivity contribution in [2.24, 2.45) is 11.5 Å². The number of nitrogens with two attached hydrogens (primary N) is 2. The number of carboxylic acid groups (broad SMARTS) is 1. The molecule has 0 radical (unpaired) electrons. The number of likely N-dealkylation sites (N-methyl/N-ethyl adjacent to an activating group) is 1. The molecule has 1 fully saturated rings. The molecule has 144 valence electrons. The summed E-state index contributed by atoms with van der Waals surface area (Å²) < 4.78 is 13.7. The Morgan fingerprint density at radius 3 is 2.60 bits per heavy atom. The summed E-state index contributed by atoms with van der Waals surface area (Å²) in [7, 11) is 3.73. The van der Waals surface area contributed by atoms with Crippen LogP contribution < -0.4 is 23.9 Å². The minimum absolute atomic E-state index is 0. The van der Waals surface area contributed by atoms with E-state index in [1.807, 2.05) is 20.2 Å². The molecule has 25 heavy (non-hydrogen) atoms. The van der Waals surface area contributed by atoms with E-state index in [1.54, 1.807) is 6.08 Å². The predicted octanol–water partition coefficient (Wildman–Crippen LogP) is -3.70. The average Bonchev–Trinajstić information content (AvgIpc) is 2.43. The number of primary amides is 1. The fraction of sp³-hybridized carbons (Fsp3) is 0.571. The maximum atomic E-state index is 11.9. The number of carboxylic acids is 1. The first-order valence-corrected chi connectivity index (χ1v) is 8.50. The molecular formula is C14H24Cl2N4O4S. The SMILES string of the molecule is C[N+](C)(CC=CC1=C(C(=O)O)N2[C@H](CC1)[C@H](N)[S+]2[O-])CC(N)=O.Cl.[Cl-]. The molecule has 1 unspecified atom stereocenters. The zero-order valence-electron chi connectivity index (χ0n) is 14.1. The Kier molecular flexibility index (Phi) is 8.76. The molecule has 0 aromatic heterocycles. The molecule has 1 amide bonds. The standard InChI is InChI=1S/C14H22N4O4S.2ClH/c1-18(2,8-11(15)19)7-3-4-9-5-6-10-13(16)23(22)17(10)12(9)14(20)21;;/h3-4,10,13H,5-8,16H2,1-2H3,(H2-,15,19,20,21);2*1H/t10-,13-,23?;;/m1../s1. The van der Waals surface area contributed by atoms with E-state index in [0.717, 1.165) is 0 Å². The van der Waals surface area contributed by atoms with Gasteiger partial charge in [-0.2, -0.15) is 4.31 Å². The molecule has 11 heteroatoms. The lowest BCUT2D eigenvalue weighted by molar-refractivity contribution is -0.876. The van der Waals surface area contributed by atoms with Crippen LogP contribution in [-0.2, 0) is 21.0 Å². The van der Waals surface area contributed by atoms with Gasteiger partial charge in [-0.05, 0) is 24.5 Å². The maximum Gasteiger partial charge on any atom is 0.356 e. The van der Waals surface area contributed by atoms with Gasteiger partial charge in [-0.3, -0.25) is 10.5 Å².